The summed E-state index contributed by atoms with van der Waals surface area (Å²) in [5.74, 6) is 1.60. The van der Waals surface area contributed by atoms with Crippen molar-refractivity contribution in [3.05, 3.63) is 42.1 Å². The van der Waals surface area contributed by atoms with Crippen LogP contribution in [-0.4, -0.2) is 49.4 Å². The summed E-state index contributed by atoms with van der Waals surface area (Å²) in [5, 5.41) is 3.50. The number of fused-ring (bicyclic) bond motifs is 3. The van der Waals surface area contributed by atoms with Crippen LogP contribution in [0.1, 0.15) is 38.2 Å². The second-order valence-corrected chi connectivity index (χ2v) is 9.85. The van der Waals surface area contributed by atoms with E-state index in [4.69, 9.17) is 9.47 Å². The highest BCUT2D eigenvalue weighted by Crippen LogP contribution is 2.43. The number of amides is 1. The highest BCUT2D eigenvalue weighted by Gasteiger charge is 2.41. The Balaban J connectivity index is 1.34. The molecule has 1 aromatic carbocycles. The van der Waals surface area contributed by atoms with Crippen molar-refractivity contribution in [1.82, 2.24) is 4.98 Å². The first-order chi connectivity index (χ1) is 16.2. The maximum Gasteiger partial charge on any atom is 0.230 e. The summed E-state index contributed by atoms with van der Waals surface area (Å²) in [6, 6.07) is 10.4. The fourth-order valence-electron chi connectivity index (χ4n) is 6.01. The third-order valence-electron chi connectivity index (χ3n) is 7.69. The Morgan fingerprint density at radius 2 is 2.03 bits per heavy atom. The molecule has 0 unspecified atom stereocenters. The van der Waals surface area contributed by atoms with E-state index in [1.807, 2.05) is 11.0 Å². The lowest BCUT2D eigenvalue weighted by Gasteiger charge is -2.34. The smallest absolute Gasteiger partial charge is 0.230 e. The van der Waals surface area contributed by atoms with Crippen LogP contribution in [0, 0.1) is 11.8 Å². The molecule has 1 aromatic heterocycles. The van der Waals surface area contributed by atoms with Crippen LogP contribution in [-0.2, 0) is 20.8 Å². The van der Waals surface area contributed by atoms with E-state index in [-0.39, 0.29) is 11.8 Å². The number of ether oxygens (including phenoxy) is 2. The SMILES string of the molecule is C[C@@H]1C[C@@H]2C[C@@H](C(=O)N3Cc4cccnc4Nc4ccc(N5CCOCC5)cc43)CC[C@@H]2O1. The number of hydrogen-bond acceptors (Lipinski definition) is 6. The average Bonchev–Trinajstić information content (AvgIpc) is 3.14. The van der Waals surface area contributed by atoms with Crippen molar-refractivity contribution in [1.29, 1.82) is 0 Å². The molecule has 1 amide bonds. The predicted molar refractivity (Wildman–Crippen MR) is 128 cm³/mol. The van der Waals surface area contributed by atoms with Gasteiger partial charge in [-0.2, -0.15) is 0 Å². The number of nitrogens with one attached hydrogen (secondary N) is 1. The molecule has 4 aliphatic rings. The second kappa shape index (κ2) is 8.61. The molecular weight excluding hydrogens is 416 g/mol. The summed E-state index contributed by atoms with van der Waals surface area (Å²) < 4.78 is 11.6. The number of nitrogens with zero attached hydrogens (tertiary/aromatic N) is 3. The zero-order valence-electron chi connectivity index (χ0n) is 19.2. The molecule has 33 heavy (non-hydrogen) atoms. The Morgan fingerprint density at radius 1 is 1.15 bits per heavy atom. The molecule has 3 aliphatic heterocycles. The van der Waals surface area contributed by atoms with Gasteiger partial charge in [0.05, 0.1) is 43.3 Å². The quantitative estimate of drug-likeness (QED) is 0.746. The fraction of sp³-hybridized carbons (Fsp3) is 0.538. The molecule has 4 atom stereocenters. The number of carbonyl (C=O) groups is 1. The molecule has 3 fully saturated rings. The number of aromatic nitrogens is 1. The van der Waals surface area contributed by atoms with E-state index in [1.54, 1.807) is 6.20 Å². The summed E-state index contributed by atoms with van der Waals surface area (Å²) in [7, 11) is 0. The maximum atomic E-state index is 14.0. The zero-order valence-corrected chi connectivity index (χ0v) is 19.2. The van der Waals surface area contributed by atoms with Crippen molar-refractivity contribution in [3.63, 3.8) is 0 Å². The molecule has 7 nitrogen and oxygen atoms in total. The molecular formula is C26H32N4O3. The van der Waals surface area contributed by atoms with Gasteiger partial charge < -0.3 is 24.6 Å². The van der Waals surface area contributed by atoms with Crippen molar-refractivity contribution < 1.29 is 14.3 Å². The fourth-order valence-corrected chi connectivity index (χ4v) is 6.01. The van der Waals surface area contributed by atoms with Crippen LogP contribution >= 0.6 is 0 Å². The van der Waals surface area contributed by atoms with Crippen LogP contribution in [0.25, 0.3) is 0 Å². The molecule has 0 spiro atoms. The van der Waals surface area contributed by atoms with Crippen LogP contribution in [0.15, 0.2) is 36.5 Å². The van der Waals surface area contributed by atoms with Crippen molar-refractivity contribution in [2.75, 3.05) is 41.4 Å². The first kappa shape index (κ1) is 20.9. The number of hydrogen-bond donors (Lipinski definition) is 1. The third kappa shape index (κ3) is 3.97. The minimum atomic E-state index is 0.0401. The molecule has 7 heteroatoms. The van der Waals surface area contributed by atoms with E-state index in [1.165, 1.54) is 0 Å². The normalized spacial score (nSPS) is 28.9. The summed E-state index contributed by atoms with van der Waals surface area (Å²) in [6.45, 7) is 5.89. The van der Waals surface area contributed by atoms with Crippen LogP contribution in [0.5, 0.6) is 0 Å². The van der Waals surface area contributed by atoms with Gasteiger partial charge in [-0.05, 0) is 62.8 Å². The predicted octanol–water partition coefficient (Wildman–Crippen LogP) is 4.10. The Labute approximate surface area is 195 Å². The lowest BCUT2D eigenvalue weighted by atomic mass is 9.78. The molecule has 6 rings (SSSR count). The van der Waals surface area contributed by atoms with E-state index >= 15 is 0 Å². The zero-order chi connectivity index (χ0) is 22.4. The van der Waals surface area contributed by atoms with E-state index in [9.17, 15) is 4.79 Å². The van der Waals surface area contributed by atoms with Gasteiger partial charge in [0.2, 0.25) is 5.91 Å². The Kier molecular flexibility index (Phi) is 5.46. The first-order valence-electron chi connectivity index (χ1n) is 12.3. The standard InChI is InChI=1S/C26H32N4O3/c1-17-13-20-14-18(4-7-24(20)33-17)26(31)30-16-19-3-2-8-27-25(19)28-22-6-5-21(15-23(22)30)29-9-11-32-12-10-29/h2-3,5-6,8,15,17-18,20,24H,4,7,9-14,16H2,1H3,(H,27,28)/t17-,18+,20-,24+/m1/s1. The monoisotopic (exact) mass is 448 g/mol. The van der Waals surface area contributed by atoms with Gasteiger partial charge in [-0.3, -0.25) is 4.79 Å². The Hall–Kier alpha value is -2.64. The van der Waals surface area contributed by atoms with Gasteiger partial charge in [0.15, 0.2) is 0 Å². The molecule has 4 heterocycles. The third-order valence-corrected chi connectivity index (χ3v) is 7.69. The lowest BCUT2D eigenvalue weighted by molar-refractivity contribution is -0.124. The van der Waals surface area contributed by atoms with Gasteiger partial charge >= 0.3 is 0 Å². The number of anilines is 4. The molecule has 174 valence electrons. The van der Waals surface area contributed by atoms with Gasteiger partial charge in [0.1, 0.15) is 5.82 Å². The van der Waals surface area contributed by atoms with Gasteiger partial charge in [0, 0.05) is 36.5 Å². The van der Waals surface area contributed by atoms with Crippen LogP contribution < -0.4 is 15.1 Å². The number of rotatable bonds is 2. The molecule has 1 saturated carbocycles. The molecule has 0 radical (unpaired) electrons. The van der Waals surface area contributed by atoms with E-state index in [2.05, 4.69) is 46.4 Å². The van der Waals surface area contributed by atoms with Crippen LogP contribution in [0.3, 0.4) is 0 Å². The van der Waals surface area contributed by atoms with Crippen molar-refractivity contribution in [3.8, 4) is 0 Å². The highest BCUT2D eigenvalue weighted by molar-refractivity contribution is 6.00. The Bertz CT molecular complexity index is 1040. The topological polar surface area (TPSA) is 66.9 Å². The average molecular weight is 449 g/mol. The summed E-state index contributed by atoms with van der Waals surface area (Å²) in [6.07, 6.45) is 6.32. The largest absolute Gasteiger partial charge is 0.378 e. The molecule has 2 aromatic rings. The molecule has 1 aliphatic carbocycles. The molecule has 1 N–H and O–H groups in total. The van der Waals surface area contributed by atoms with Crippen molar-refractivity contribution >= 4 is 28.8 Å². The van der Waals surface area contributed by atoms with Gasteiger partial charge in [-0.25, -0.2) is 4.98 Å². The lowest BCUT2D eigenvalue weighted by Crippen LogP contribution is -2.40. The maximum absolute atomic E-state index is 14.0. The van der Waals surface area contributed by atoms with E-state index < -0.39 is 0 Å². The van der Waals surface area contributed by atoms with Crippen molar-refractivity contribution in [2.45, 2.75) is 51.4 Å². The minimum Gasteiger partial charge on any atom is -0.378 e. The molecule has 0 bridgehead atoms. The van der Waals surface area contributed by atoms with Gasteiger partial charge in [0.25, 0.3) is 0 Å². The Morgan fingerprint density at radius 3 is 2.91 bits per heavy atom. The van der Waals surface area contributed by atoms with Gasteiger partial charge in [-0.1, -0.05) is 6.07 Å². The first-order valence-corrected chi connectivity index (χ1v) is 12.3. The number of carbonyl (C=O) groups excluding carboxylic acids is 1. The van der Waals surface area contributed by atoms with E-state index in [0.717, 1.165) is 80.4 Å². The second-order valence-electron chi connectivity index (χ2n) is 9.85. The summed E-state index contributed by atoms with van der Waals surface area (Å²) in [4.78, 5) is 22.9. The minimum absolute atomic E-state index is 0.0401. The summed E-state index contributed by atoms with van der Waals surface area (Å²) in [5.41, 5.74) is 4.06. The van der Waals surface area contributed by atoms with Crippen LogP contribution in [0.4, 0.5) is 22.9 Å². The number of pyridine rings is 1. The number of benzene rings is 1. The van der Waals surface area contributed by atoms with Crippen LogP contribution in [0.2, 0.25) is 0 Å². The van der Waals surface area contributed by atoms with E-state index in [0.29, 0.717) is 24.7 Å². The highest BCUT2D eigenvalue weighted by atomic mass is 16.5. The summed E-state index contributed by atoms with van der Waals surface area (Å²) >= 11 is 0. The van der Waals surface area contributed by atoms with Crippen molar-refractivity contribution in [2.24, 2.45) is 11.8 Å². The van der Waals surface area contributed by atoms with Gasteiger partial charge in [-0.15, -0.1) is 0 Å². The molecule has 2 saturated heterocycles. The number of morpholine rings is 1.